The van der Waals surface area contributed by atoms with Crippen molar-refractivity contribution in [1.29, 1.82) is 0 Å². The monoisotopic (exact) mass is 243 g/mol. The number of ether oxygens (including phenoxy) is 1. The van der Waals surface area contributed by atoms with E-state index in [0.29, 0.717) is 10.1 Å². The molecule has 0 atom stereocenters. The summed E-state index contributed by atoms with van der Waals surface area (Å²) in [6.07, 6.45) is 1.22. The summed E-state index contributed by atoms with van der Waals surface area (Å²) in [6, 6.07) is 3.52. The second-order valence-electron chi connectivity index (χ2n) is 2.68. The highest BCUT2D eigenvalue weighted by Gasteiger charge is 2.15. The average Bonchev–Trinajstić information content (AvgIpc) is 2.72. The summed E-state index contributed by atoms with van der Waals surface area (Å²) in [4.78, 5) is 15.3. The third-order valence-electron chi connectivity index (χ3n) is 1.57. The van der Waals surface area contributed by atoms with E-state index in [9.17, 15) is 4.79 Å². The second kappa shape index (κ2) is 4.04. The van der Waals surface area contributed by atoms with Crippen molar-refractivity contribution in [3.05, 3.63) is 22.9 Å². The summed E-state index contributed by atoms with van der Waals surface area (Å²) >= 11 is 7.11. The van der Waals surface area contributed by atoms with E-state index in [1.807, 2.05) is 0 Å². The fraction of sp³-hybridized carbons (Fsp3) is 0.111. The van der Waals surface area contributed by atoms with Gasteiger partial charge in [-0.3, -0.25) is 4.79 Å². The van der Waals surface area contributed by atoms with Gasteiger partial charge in [0.15, 0.2) is 6.39 Å². The molecule has 0 saturated carbocycles. The molecular weight excluding hydrogens is 238 g/mol. The molecule has 0 N–H and O–H groups in total. The first kappa shape index (κ1) is 10.2. The Bertz CT molecular complexity index is 491. The Labute approximate surface area is 94.5 Å². The number of nitrogens with zero attached hydrogens (tertiary/aromatic N) is 1. The van der Waals surface area contributed by atoms with Crippen LogP contribution in [0.1, 0.15) is 6.92 Å². The number of oxazole rings is 1. The van der Waals surface area contributed by atoms with Gasteiger partial charge < -0.3 is 9.15 Å². The molecule has 15 heavy (non-hydrogen) atoms. The number of esters is 1. The molecule has 0 amide bonds. The van der Waals surface area contributed by atoms with E-state index in [1.165, 1.54) is 24.7 Å². The number of rotatable bonds is 2. The number of thiophene rings is 1. The van der Waals surface area contributed by atoms with E-state index in [4.69, 9.17) is 20.8 Å². The maximum atomic E-state index is 10.8. The predicted molar refractivity (Wildman–Crippen MR) is 56.1 cm³/mol. The van der Waals surface area contributed by atoms with Gasteiger partial charge in [0.05, 0.1) is 9.21 Å². The summed E-state index contributed by atoms with van der Waals surface area (Å²) < 4.78 is 10.6. The van der Waals surface area contributed by atoms with Crippen molar-refractivity contribution in [3.63, 3.8) is 0 Å². The molecule has 0 aromatic carbocycles. The van der Waals surface area contributed by atoms with Gasteiger partial charge in [-0.05, 0) is 12.1 Å². The lowest BCUT2D eigenvalue weighted by molar-refractivity contribution is -0.132. The van der Waals surface area contributed by atoms with Crippen molar-refractivity contribution in [2.24, 2.45) is 0 Å². The second-order valence-corrected chi connectivity index (χ2v) is 4.40. The first-order valence-electron chi connectivity index (χ1n) is 4.04. The lowest BCUT2D eigenvalue weighted by Gasteiger charge is -1.96. The molecule has 78 valence electrons. The molecular formula is C9H6ClNO3S. The highest BCUT2D eigenvalue weighted by Crippen LogP contribution is 2.35. The number of carbonyl (C=O) groups is 1. The first-order valence-corrected chi connectivity index (χ1v) is 5.24. The summed E-state index contributed by atoms with van der Waals surface area (Å²) in [5.74, 6) is 0.149. The quantitative estimate of drug-likeness (QED) is 0.761. The third kappa shape index (κ3) is 2.19. The molecule has 2 aromatic rings. The molecule has 0 aliphatic carbocycles. The smallest absolute Gasteiger partial charge is 0.309 e. The van der Waals surface area contributed by atoms with Crippen LogP contribution >= 0.6 is 22.9 Å². The molecule has 0 unspecified atom stereocenters. The molecule has 6 heteroatoms. The fourth-order valence-corrected chi connectivity index (χ4v) is 2.07. The Morgan fingerprint density at radius 1 is 1.60 bits per heavy atom. The number of hydrogen-bond acceptors (Lipinski definition) is 5. The van der Waals surface area contributed by atoms with E-state index < -0.39 is 5.97 Å². The van der Waals surface area contributed by atoms with Gasteiger partial charge in [0.1, 0.15) is 0 Å². The Balaban J connectivity index is 2.36. The average molecular weight is 244 g/mol. The van der Waals surface area contributed by atoms with Gasteiger partial charge in [-0.1, -0.05) is 11.6 Å². The van der Waals surface area contributed by atoms with Crippen LogP contribution < -0.4 is 4.74 Å². The first-order chi connectivity index (χ1) is 7.16. The SMILES string of the molecule is CC(=O)Oc1ncoc1-c1ccc(Cl)s1. The van der Waals surface area contributed by atoms with Gasteiger partial charge in [0.25, 0.3) is 5.88 Å². The van der Waals surface area contributed by atoms with Crippen LogP contribution in [-0.4, -0.2) is 11.0 Å². The van der Waals surface area contributed by atoms with E-state index in [-0.39, 0.29) is 5.88 Å². The molecule has 0 fully saturated rings. The lowest BCUT2D eigenvalue weighted by Crippen LogP contribution is -2.02. The van der Waals surface area contributed by atoms with Crippen molar-refractivity contribution in [3.8, 4) is 16.5 Å². The normalized spacial score (nSPS) is 10.3. The zero-order chi connectivity index (χ0) is 10.8. The van der Waals surface area contributed by atoms with Crippen LogP contribution in [0.4, 0.5) is 0 Å². The zero-order valence-corrected chi connectivity index (χ0v) is 9.26. The van der Waals surface area contributed by atoms with Crippen LogP contribution in [0.5, 0.6) is 5.88 Å². The van der Waals surface area contributed by atoms with Gasteiger partial charge >= 0.3 is 5.97 Å². The van der Waals surface area contributed by atoms with Gasteiger partial charge in [-0.2, -0.15) is 4.98 Å². The minimum atomic E-state index is -0.437. The van der Waals surface area contributed by atoms with Gasteiger partial charge in [-0.15, -0.1) is 11.3 Å². The van der Waals surface area contributed by atoms with Crippen molar-refractivity contribution in [2.75, 3.05) is 0 Å². The van der Waals surface area contributed by atoms with Crippen molar-refractivity contribution >= 4 is 28.9 Å². The Kier molecular flexibility index (Phi) is 2.75. The van der Waals surface area contributed by atoms with Crippen LogP contribution in [0.2, 0.25) is 4.34 Å². The lowest BCUT2D eigenvalue weighted by atomic mass is 10.4. The molecule has 2 aromatic heterocycles. The molecule has 2 rings (SSSR count). The molecule has 0 radical (unpaired) electrons. The molecule has 4 nitrogen and oxygen atoms in total. The van der Waals surface area contributed by atoms with E-state index in [2.05, 4.69) is 4.98 Å². The minimum absolute atomic E-state index is 0.168. The number of carbonyl (C=O) groups excluding carboxylic acids is 1. The van der Waals surface area contributed by atoms with Crippen LogP contribution in [0, 0.1) is 0 Å². The highest BCUT2D eigenvalue weighted by molar-refractivity contribution is 7.19. The Morgan fingerprint density at radius 2 is 2.40 bits per heavy atom. The Morgan fingerprint density at radius 3 is 3.00 bits per heavy atom. The zero-order valence-electron chi connectivity index (χ0n) is 7.69. The van der Waals surface area contributed by atoms with Gasteiger partial charge in [0.2, 0.25) is 5.76 Å². The maximum absolute atomic E-state index is 10.8. The number of halogens is 1. The summed E-state index contributed by atoms with van der Waals surface area (Å²) in [7, 11) is 0. The molecule has 0 saturated heterocycles. The third-order valence-corrected chi connectivity index (χ3v) is 2.80. The highest BCUT2D eigenvalue weighted by atomic mass is 35.5. The standard InChI is InChI=1S/C9H6ClNO3S/c1-5(12)14-9-8(13-4-11-9)6-2-3-7(10)15-6/h2-4H,1H3. The van der Waals surface area contributed by atoms with Crippen molar-refractivity contribution in [1.82, 2.24) is 4.98 Å². The molecule has 0 aliphatic rings. The van der Waals surface area contributed by atoms with Crippen LogP contribution in [0.3, 0.4) is 0 Å². The minimum Gasteiger partial charge on any atom is -0.438 e. The van der Waals surface area contributed by atoms with E-state index >= 15 is 0 Å². The summed E-state index contributed by atoms with van der Waals surface area (Å²) in [5, 5.41) is 0. The fourth-order valence-electron chi connectivity index (χ4n) is 1.04. The predicted octanol–water partition coefficient (Wildman–Crippen LogP) is 2.98. The van der Waals surface area contributed by atoms with Crippen molar-refractivity contribution in [2.45, 2.75) is 6.92 Å². The van der Waals surface area contributed by atoms with Crippen LogP contribution in [-0.2, 0) is 4.79 Å². The summed E-state index contributed by atoms with van der Waals surface area (Å²) in [5.41, 5.74) is 0. The molecule has 2 heterocycles. The number of hydrogen-bond donors (Lipinski definition) is 0. The summed E-state index contributed by atoms with van der Waals surface area (Å²) in [6.45, 7) is 1.31. The van der Waals surface area contributed by atoms with E-state index in [0.717, 1.165) is 4.88 Å². The number of aromatic nitrogens is 1. The van der Waals surface area contributed by atoms with Crippen LogP contribution in [0.15, 0.2) is 22.9 Å². The largest absolute Gasteiger partial charge is 0.438 e. The van der Waals surface area contributed by atoms with Crippen molar-refractivity contribution < 1.29 is 13.9 Å². The van der Waals surface area contributed by atoms with Gasteiger partial charge in [-0.25, -0.2) is 0 Å². The molecule has 0 bridgehead atoms. The topological polar surface area (TPSA) is 52.3 Å². The van der Waals surface area contributed by atoms with E-state index in [1.54, 1.807) is 12.1 Å². The maximum Gasteiger partial charge on any atom is 0.309 e. The molecule has 0 aliphatic heterocycles. The Hall–Kier alpha value is -1.33. The molecule has 0 spiro atoms. The van der Waals surface area contributed by atoms with Gasteiger partial charge in [0, 0.05) is 6.92 Å². The van der Waals surface area contributed by atoms with Crippen LogP contribution in [0.25, 0.3) is 10.6 Å².